The van der Waals surface area contributed by atoms with Gasteiger partial charge in [-0.05, 0) is 48.9 Å². The number of nitrogens with zero attached hydrogens (tertiary/aromatic N) is 5. The van der Waals surface area contributed by atoms with E-state index in [0.717, 1.165) is 33.7 Å². The van der Waals surface area contributed by atoms with Crippen LogP contribution in [0, 0.1) is 0 Å². The molecule has 3 N–H and O–H groups in total. The molecule has 129 valence electrons. The van der Waals surface area contributed by atoms with E-state index in [1.54, 1.807) is 11.2 Å². The minimum atomic E-state index is 0. The average molecular weight is 346 g/mol. The highest BCUT2D eigenvalue weighted by Gasteiger charge is 2.37. The molecular weight excluding hydrogens is 330 g/mol. The third-order valence-corrected chi connectivity index (χ3v) is 4.38. The Bertz CT molecular complexity index is 1080. The molecule has 0 amide bonds. The van der Waals surface area contributed by atoms with Gasteiger partial charge in [-0.2, -0.15) is 0 Å². The van der Waals surface area contributed by atoms with Crippen LogP contribution in [-0.4, -0.2) is 21.3 Å². The molecule has 0 unspecified atom stereocenters. The number of allylic oxidation sites excluding steroid dienone is 1. The van der Waals surface area contributed by atoms with Gasteiger partial charge in [-0.1, -0.05) is 18.2 Å². The van der Waals surface area contributed by atoms with Gasteiger partial charge in [-0.25, -0.2) is 15.0 Å². The summed E-state index contributed by atoms with van der Waals surface area (Å²) in [6.07, 6.45) is 1.76. The summed E-state index contributed by atoms with van der Waals surface area (Å²) in [7, 11) is 0. The summed E-state index contributed by atoms with van der Waals surface area (Å²) < 4.78 is 0. The number of anilines is 2. The first-order valence-electron chi connectivity index (χ1n) is 7.97. The molecular formula is C19H16N5O2. The van der Waals surface area contributed by atoms with Crippen molar-refractivity contribution in [3.8, 4) is 0 Å². The molecule has 3 aromatic rings. The van der Waals surface area contributed by atoms with Gasteiger partial charge in [0.1, 0.15) is 5.70 Å². The standard InChI is InChI=1S/C19H14N5O.H2O/c1-12-18-19(25)23(14-8-9-15-13(11-14)5-4-10-20-15)22-24(18)17-7-3-2-6-16(17)21-12;/h2-11,25H,1H3;1H2. The lowest BCUT2D eigenvalue weighted by Crippen LogP contribution is -2.36. The van der Waals surface area contributed by atoms with Gasteiger partial charge in [0.25, 0.3) is 0 Å². The maximum absolute atomic E-state index is 10.8. The fourth-order valence-corrected chi connectivity index (χ4v) is 3.20. The number of pyridine rings is 1. The van der Waals surface area contributed by atoms with Gasteiger partial charge < -0.3 is 10.6 Å². The Morgan fingerprint density at radius 2 is 1.81 bits per heavy atom. The number of rotatable bonds is 1. The maximum Gasteiger partial charge on any atom is 0.237 e. The molecule has 0 atom stereocenters. The van der Waals surface area contributed by atoms with Gasteiger partial charge in [0.15, 0.2) is 0 Å². The Morgan fingerprint density at radius 3 is 2.69 bits per heavy atom. The van der Waals surface area contributed by atoms with Crippen molar-refractivity contribution in [1.29, 1.82) is 0 Å². The highest BCUT2D eigenvalue weighted by atomic mass is 16.3. The number of benzene rings is 2. The molecule has 7 heteroatoms. The van der Waals surface area contributed by atoms with E-state index in [1.807, 2.05) is 61.5 Å². The lowest BCUT2D eigenvalue weighted by molar-refractivity contribution is 0.388. The zero-order chi connectivity index (χ0) is 17.0. The second-order valence-electron chi connectivity index (χ2n) is 5.95. The van der Waals surface area contributed by atoms with Gasteiger partial charge in [-0.3, -0.25) is 4.98 Å². The number of aliphatic hydroxyl groups is 1. The average Bonchev–Trinajstić information content (AvgIpc) is 3.00. The second-order valence-corrected chi connectivity index (χ2v) is 5.95. The van der Waals surface area contributed by atoms with Gasteiger partial charge in [-0.15, -0.1) is 0 Å². The van der Waals surface area contributed by atoms with Crippen molar-refractivity contribution < 1.29 is 10.6 Å². The van der Waals surface area contributed by atoms with E-state index in [-0.39, 0.29) is 11.4 Å². The third-order valence-electron chi connectivity index (χ3n) is 4.38. The molecule has 0 saturated carbocycles. The molecule has 2 aromatic carbocycles. The molecule has 5 rings (SSSR count). The highest BCUT2D eigenvalue weighted by Crippen LogP contribution is 2.40. The summed E-state index contributed by atoms with van der Waals surface area (Å²) >= 11 is 0. The lowest BCUT2D eigenvalue weighted by atomic mass is 10.1. The molecule has 2 aliphatic heterocycles. The first-order chi connectivity index (χ1) is 12.2. The number of hydrogen-bond donors (Lipinski definition) is 1. The van der Waals surface area contributed by atoms with Crippen LogP contribution in [0.1, 0.15) is 6.92 Å². The smallest absolute Gasteiger partial charge is 0.237 e. The summed E-state index contributed by atoms with van der Waals surface area (Å²) in [6, 6.07) is 17.4. The van der Waals surface area contributed by atoms with Gasteiger partial charge in [0.05, 0.1) is 28.3 Å². The van der Waals surface area contributed by atoms with Crippen LogP contribution in [0.5, 0.6) is 0 Å². The summed E-state index contributed by atoms with van der Waals surface area (Å²) in [5, 5.41) is 15.0. The zero-order valence-corrected chi connectivity index (χ0v) is 14.0. The number of aliphatic imine (C=N–C) groups is 1. The molecule has 1 radical (unpaired) electrons. The Balaban J connectivity index is 0.00000168. The van der Waals surface area contributed by atoms with Crippen molar-refractivity contribution >= 4 is 33.7 Å². The van der Waals surface area contributed by atoms with Crippen LogP contribution in [-0.2, 0) is 0 Å². The first-order valence-corrected chi connectivity index (χ1v) is 7.97. The minimum Gasteiger partial charge on any atom is -0.492 e. The van der Waals surface area contributed by atoms with Crippen LogP contribution >= 0.6 is 0 Å². The maximum atomic E-state index is 10.8. The zero-order valence-electron chi connectivity index (χ0n) is 14.0. The van der Waals surface area contributed by atoms with E-state index in [0.29, 0.717) is 5.70 Å². The SMILES string of the molecule is CC1=Nc2ccccc2N2[N]N(c3ccc4ncccc4c3)C(O)=C12.O. The summed E-state index contributed by atoms with van der Waals surface area (Å²) in [5.74, 6) is 0.0685. The van der Waals surface area contributed by atoms with Gasteiger partial charge in [0.2, 0.25) is 5.88 Å². The predicted octanol–water partition coefficient (Wildman–Crippen LogP) is 3.00. The van der Waals surface area contributed by atoms with E-state index in [9.17, 15) is 5.11 Å². The quantitative estimate of drug-likeness (QED) is 0.732. The number of hydrogen-bond acceptors (Lipinski definition) is 5. The van der Waals surface area contributed by atoms with Gasteiger partial charge >= 0.3 is 0 Å². The largest absolute Gasteiger partial charge is 0.492 e. The van der Waals surface area contributed by atoms with Crippen LogP contribution in [0.3, 0.4) is 0 Å². The Hall–Kier alpha value is -3.42. The first kappa shape index (κ1) is 16.1. The summed E-state index contributed by atoms with van der Waals surface area (Å²) in [4.78, 5) is 8.91. The van der Waals surface area contributed by atoms with Crippen molar-refractivity contribution in [2.75, 3.05) is 10.0 Å². The van der Waals surface area contributed by atoms with Crippen LogP contribution in [0.2, 0.25) is 0 Å². The predicted molar refractivity (Wildman–Crippen MR) is 101 cm³/mol. The van der Waals surface area contributed by atoms with Crippen molar-refractivity contribution in [3.05, 3.63) is 72.4 Å². The van der Waals surface area contributed by atoms with Crippen molar-refractivity contribution in [2.24, 2.45) is 4.99 Å². The number of aromatic nitrogens is 1. The molecule has 0 fully saturated rings. The Morgan fingerprint density at radius 1 is 0.962 bits per heavy atom. The fraction of sp³-hybridized carbons (Fsp3) is 0.0526. The van der Waals surface area contributed by atoms with E-state index in [4.69, 9.17) is 0 Å². The number of fused-ring (bicyclic) bond motifs is 4. The third kappa shape index (κ3) is 2.22. The molecule has 7 nitrogen and oxygen atoms in total. The van der Waals surface area contributed by atoms with Gasteiger partial charge in [0, 0.05) is 11.6 Å². The van der Waals surface area contributed by atoms with Crippen LogP contribution in [0.25, 0.3) is 10.9 Å². The molecule has 1 aromatic heterocycles. The van der Waals surface area contributed by atoms with Crippen molar-refractivity contribution in [1.82, 2.24) is 10.5 Å². The monoisotopic (exact) mass is 346 g/mol. The topological polar surface area (TPSA) is 97.6 Å². The normalized spacial score (nSPS) is 15.5. The molecule has 2 aliphatic rings. The molecule has 26 heavy (non-hydrogen) atoms. The van der Waals surface area contributed by atoms with E-state index in [1.165, 1.54) is 5.01 Å². The molecule has 0 spiro atoms. The van der Waals surface area contributed by atoms with Crippen LogP contribution in [0.15, 0.2) is 77.4 Å². The Labute approximate surface area is 149 Å². The van der Waals surface area contributed by atoms with E-state index in [2.05, 4.69) is 15.5 Å². The number of para-hydroxylation sites is 2. The van der Waals surface area contributed by atoms with E-state index < -0.39 is 0 Å². The van der Waals surface area contributed by atoms with Crippen molar-refractivity contribution in [2.45, 2.75) is 6.92 Å². The second kappa shape index (κ2) is 5.83. The van der Waals surface area contributed by atoms with Crippen LogP contribution < -0.4 is 15.6 Å². The summed E-state index contributed by atoms with van der Waals surface area (Å²) in [5.41, 5.74) is 9.28. The van der Waals surface area contributed by atoms with Crippen molar-refractivity contribution in [3.63, 3.8) is 0 Å². The molecule has 0 bridgehead atoms. The molecule has 3 heterocycles. The Kier molecular flexibility index (Phi) is 3.61. The lowest BCUT2D eigenvalue weighted by Gasteiger charge is -2.25. The van der Waals surface area contributed by atoms with E-state index >= 15 is 0 Å². The fourth-order valence-electron chi connectivity index (χ4n) is 3.20. The minimum absolute atomic E-state index is 0. The number of aliphatic hydroxyl groups excluding tert-OH is 1. The molecule has 0 saturated heterocycles. The highest BCUT2D eigenvalue weighted by molar-refractivity contribution is 6.08. The van der Waals surface area contributed by atoms with Crippen LogP contribution in [0.4, 0.5) is 17.1 Å². The molecule has 0 aliphatic carbocycles. The summed E-state index contributed by atoms with van der Waals surface area (Å²) in [6.45, 7) is 1.87.